The monoisotopic (exact) mass is 467 g/mol. The summed E-state index contributed by atoms with van der Waals surface area (Å²) in [5, 5.41) is 4.44. The van der Waals surface area contributed by atoms with Crippen LogP contribution in [0.25, 0.3) is 22.0 Å². The molecule has 3 aromatic rings. The predicted octanol–water partition coefficient (Wildman–Crippen LogP) is 4.20. The highest BCUT2D eigenvalue weighted by molar-refractivity contribution is 6.31. The maximum Gasteiger partial charge on any atom is 0.229 e. The second-order valence-corrected chi connectivity index (χ2v) is 8.95. The van der Waals surface area contributed by atoms with Crippen LogP contribution < -0.4 is 10.1 Å². The van der Waals surface area contributed by atoms with E-state index >= 15 is 0 Å². The number of rotatable bonds is 5. The molecule has 0 bridgehead atoms. The van der Waals surface area contributed by atoms with E-state index in [1.165, 1.54) is 4.90 Å². The van der Waals surface area contributed by atoms with Gasteiger partial charge in [-0.3, -0.25) is 19.5 Å². The summed E-state index contributed by atoms with van der Waals surface area (Å²) in [6.07, 6.45) is 0.576. The van der Waals surface area contributed by atoms with Crippen molar-refractivity contribution in [3.05, 3.63) is 58.7 Å². The van der Waals surface area contributed by atoms with Gasteiger partial charge in [0.15, 0.2) is 6.17 Å². The Bertz CT molecular complexity index is 1250. The van der Waals surface area contributed by atoms with Crippen LogP contribution in [0.4, 0.5) is 4.39 Å². The number of fused-ring (bicyclic) bond motifs is 1. The van der Waals surface area contributed by atoms with Crippen molar-refractivity contribution >= 4 is 34.3 Å². The molecule has 1 aromatic heterocycles. The minimum absolute atomic E-state index is 0.148. The summed E-state index contributed by atoms with van der Waals surface area (Å²) in [4.78, 5) is 29.8. The number of carbonyl (C=O) groups excluding carboxylic acids is 2. The van der Waals surface area contributed by atoms with E-state index < -0.39 is 12.3 Å². The number of halogens is 2. The Hall–Kier alpha value is -3.03. The molecule has 1 N–H and O–H groups in total. The van der Waals surface area contributed by atoms with Crippen molar-refractivity contribution in [1.82, 2.24) is 15.2 Å². The molecular formula is C25H23ClFN3O3. The van der Waals surface area contributed by atoms with Gasteiger partial charge in [0.25, 0.3) is 0 Å². The van der Waals surface area contributed by atoms with Gasteiger partial charge in [-0.25, -0.2) is 4.39 Å². The fraction of sp³-hybridized carbons (Fsp3) is 0.320. The summed E-state index contributed by atoms with van der Waals surface area (Å²) in [7, 11) is 0. The van der Waals surface area contributed by atoms with Crippen LogP contribution in [-0.2, 0) is 16.1 Å². The number of hydrogen-bond acceptors (Lipinski definition) is 5. The summed E-state index contributed by atoms with van der Waals surface area (Å²) in [6, 6.07) is 11.2. The molecule has 2 saturated heterocycles. The van der Waals surface area contributed by atoms with Crippen LogP contribution in [0.3, 0.4) is 0 Å². The zero-order valence-electron chi connectivity index (χ0n) is 18.1. The Labute approximate surface area is 195 Å². The van der Waals surface area contributed by atoms with Crippen molar-refractivity contribution < 1.29 is 18.7 Å². The lowest BCUT2D eigenvalue weighted by molar-refractivity contribution is -0.139. The molecule has 6 nitrogen and oxygen atoms in total. The van der Waals surface area contributed by atoms with Gasteiger partial charge in [0.2, 0.25) is 11.8 Å². The summed E-state index contributed by atoms with van der Waals surface area (Å²) >= 11 is 6.39. The van der Waals surface area contributed by atoms with Crippen molar-refractivity contribution in [2.24, 2.45) is 0 Å². The smallest absolute Gasteiger partial charge is 0.229 e. The van der Waals surface area contributed by atoms with Crippen LogP contribution in [0.5, 0.6) is 5.75 Å². The number of alkyl halides is 1. The van der Waals surface area contributed by atoms with Crippen molar-refractivity contribution in [3.8, 4) is 16.9 Å². The molecule has 2 aliphatic rings. The molecule has 2 aromatic carbocycles. The lowest BCUT2D eigenvalue weighted by Crippen LogP contribution is -2.28. The second-order valence-electron chi connectivity index (χ2n) is 8.51. The van der Waals surface area contributed by atoms with Gasteiger partial charge in [-0.05, 0) is 47.9 Å². The minimum atomic E-state index is -1.08. The summed E-state index contributed by atoms with van der Waals surface area (Å²) in [5.41, 5.74) is 4.00. The van der Waals surface area contributed by atoms with E-state index in [4.69, 9.17) is 16.3 Å². The van der Waals surface area contributed by atoms with Crippen molar-refractivity contribution in [3.63, 3.8) is 0 Å². The quantitative estimate of drug-likeness (QED) is 0.569. The molecule has 0 spiro atoms. The molecule has 33 heavy (non-hydrogen) atoms. The van der Waals surface area contributed by atoms with Crippen LogP contribution >= 0.6 is 11.6 Å². The number of carbonyl (C=O) groups is 2. The molecule has 3 heterocycles. The number of aromatic nitrogens is 1. The maximum absolute atomic E-state index is 14.3. The Morgan fingerprint density at radius 3 is 2.64 bits per heavy atom. The lowest BCUT2D eigenvalue weighted by Gasteiger charge is -2.21. The lowest BCUT2D eigenvalue weighted by atomic mass is 9.97. The molecule has 5 rings (SSSR count). The van der Waals surface area contributed by atoms with E-state index in [0.717, 1.165) is 33.2 Å². The summed E-state index contributed by atoms with van der Waals surface area (Å²) in [6.45, 7) is 2.84. The Morgan fingerprint density at radius 1 is 1.12 bits per heavy atom. The highest BCUT2D eigenvalue weighted by Gasteiger charge is 2.30. The molecule has 2 atom stereocenters. The largest absolute Gasteiger partial charge is 0.485 e. The highest BCUT2D eigenvalue weighted by atomic mass is 35.5. The van der Waals surface area contributed by atoms with Crippen LogP contribution in [0.15, 0.2) is 42.6 Å². The van der Waals surface area contributed by atoms with E-state index in [9.17, 15) is 14.0 Å². The van der Waals surface area contributed by atoms with E-state index in [-0.39, 0.29) is 37.7 Å². The predicted molar refractivity (Wildman–Crippen MR) is 124 cm³/mol. The van der Waals surface area contributed by atoms with Crippen LogP contribution in [-0.4, -0.2) is 47.1 Å². The first kappa shape index (κ1) is 21.8. The van der Waals surface area contributed by atoms with Crippen LogP contribution in [0.1, 0.15) is 24.0 Å². The molecular weight excluding hydrogens is 445 g/mol. The third-order valence-electron chi connectivity index (χ3n) is 6.19. The van der Waals surface area contributed by atoms with E-state index in [1.54, 1.807) is 6.20 Å². The number of ether oxygens (including phenoxy) is 1. The van der Waals surface area contributed by atoms with Gasteiger partial charge < -0.3 is 10.1 Å². The zero-order valence-corrected chi connectivity index (χ0v) is 18.9. The van der Waals surface area contributed by atoms with Gasteiger partial charge in [-0.2, -0.15) is 0 Å². The number of amides is 2. The number of nitrogens with zero attached hydrogens (tertiary/aromatic N) is 2. The SMILES string of the molecule is Cc1cc(Cl)cc(-c2ccnc3cc(CN4C(=O)CCC4=O)ccc23)c1O[C@@H]1CNC[C@@H]1F. The average Bonchev–Trinajstić information content (AvgIpc) is 3.34. The topological polar surface area (TPSA) is 71.5 Å². The first-order chi connectivity index (χ1) is 15.9. The second kappa shape index (κ2) is 8.72. The molecule has 8 heteroatoms. The average molecular weight is 468 g/mol. The normalized spacial score (nSPS) is 20.8. The molecule has 0 saturated carbocycles. The molecule has 2 aliphatic heterocycles. The molecule has 0 radical (unpaired) electrons. The van der Waals surface area contributed by atoms with Gasteiger partial charge in [0.05, 0.1) is 12.1 Å². The number of hydrogen-bond donors (Lipinski definition) is 1. The number of imide groups is 1. The third-order valence-corrected chi connectivity index (χ3v) is 6.41. The fourth-order valence-electron chi connectivity index (χ4n) is 4.48. The molecule has 0 unspecified atom stereocenters. The van der Waals surface area contributed by atoms with Crippen LogP contribution in [0, 0.1) is 6.92 Å². The number of aryl methyl sites for hydroxylation is 1. The van der Waals surface area contributed by atoms with Gasteiger partial charge in [0, 0.05) is 48.1 Å². The zero-order chi connectivity index (χ0) is 23.1. The number of pyridine rings is 1. The summed E-state index contributed by atoms with van der Waals surface area (Å²) < 4.78 is 20.4. The number of nitrogens with one attached hydrogen (secondary N) is 1. The standard InChI is InChI=1S/C25H23ClFN3O3/c1-14-8-16(26)10-19(25(14)33-22-12-28-11-20(22)27)17-6-7-29-21-9-15(2-3-18(17)21)13-30-23(31)4-5-24(30)32/h2-3,6-10,20,22,28H,4-5,11-13H2,1H3/t20-,22+/m0/s1. The minimum Gasteiger partial charge on any atom is -0.485 e. The fourth-order valence-corrected chi connectivity index (χ4v) is 4.76. The van der Waals surface area contributed by atoms with Crippen molar-refractivity contribution in [1.29, 1.82) is 0 Å². The van der Waals surface area contributed by atoms with Gasteiger partial charge in [-0.1, -0.05) is 23.7 Å². The number of likely N-dealkylation sites (tertiary alicyclic amines) is 1. The van der Waals surface area contributed by atoms with E-state index in [2.05, 4.69) is 10.3 Å². The van der Waals surface area contributed by atoms with Gasteiger partial charge >= 0.3 is 0 Å². The van der Waals surface area contributed by atoms with E-state index in [0.29, 0.717) is 17.3 Å². The highest BCUT2D eigenvalue weighted by Crippen LogP contribution is 2.40. The van der Waals surface area contributed by atoms with Crippen LogP contribution in [0.2, 0.25) is 5.02 Å². The van der Waals surface area contributed by atoms with Crippen molar-refractivity contribution in [2.45, 2.75) is 38.6 Å². The number of benzene rings is 2. The molecule has 2 amide bonds. The molecule has 170 valence electrons. The van der Waals surface area contributed by atoms with E-state index in [1.807, 2.05) is 43.3 Å². The van der Waals surface area contributed by atoms with Gasteiger partial charge in [-0.15, -0.1) is 0 Å². The molecule has 2 fully saturated rings. The van der Waals surface area contributed by atoms with Gasteiger partial charge in [0.1, 0.15) is 11.9 Å². The first-order valence-corrected chi connectivity index (χ1v) is 11.3. The third kappa shape index (κ3) is 4.18. The van der Waals surface area contributed by atoms with Crippen molar-refractivity contribution in [2.75, 3.05) is 13.1 Å². The summed E-state index contributed by atoms with van der Waals surface area (Å²) in [5.74, 6) is 0.303. The Kier molecular flexibility index (Phi) is 5.76. The first-order valence-electron chi connectivity index (χ1n) is 10.9. The maximum atomic E-state index is 14.3. The molecule has 0 aliphatic carbocycles. The Balaban J connectivity index is 1.55. The Morgan fingerprint density at radius 2 is 1.91 bits per heavy atom.